The van der Waals surface area contributed by atoms with E-state index in [2.05, 4.69) is 31.3 Å². The third-order valence-corrected chi connectivity index (χ3v) is 5.60. The lowest BCUT2D eigenvalue weighted by atomic mass is 9.75. The van der Waals surface area contributed by atoms with Gasteiger partial charge in [-0.2, -0.15) is 8.42 Å². The van der Waals surface area contributed by atoms with E-state index >= 15 is 0 Å². The van der Waals surface area contributed by atoms with Crippen LogP contribution in [-0.2, 0) is 15.5 Å². The van der Waals surface area contributed by atoms with Crippen molar-refractivity contribution in [3.8, 4) is 0 Å². The molecule has 0 saturated carbocycles. The minimum absolute atomic E-state index is 0.0579. The van der Waals surface area contributed by atoms with Crippen LogP contribution in [0.25, 0.3) is 0 Å². The zero-order valence-corrected chi connectivity index (χ0v) is 15.7. The molecule has 4 nitrogen and oxygen atoms in total. The van der Waals surface area contributed by atoms with Gasteiger partial charge in [-0.15, -0.1) is 0 Å². The molecule has 0 amide bonds. The number of hydrogen-bond acceptors (Lipinski definition) is 3. The van der Waals surface area contributed by atoms with Gasteiger partial charge in [-0.3, -0.25) is 4.55 Å². The van der Waals surface area contributed by atoms with Gasteiger partial charge in [0.25, 0.3) is 10.1 Å². The number of benzene rings is 2. The standard InChI is InChI=1S/C20H27NO3S/c1-3-20(2,15-9-10-16-25(22,23)24)18-13-7-8-14-19(18)21-17-11-5-4-6-12-17/h4-8,11-14,21H,3,9-10,15-16H2,1-2H3,(H,22,23,24). The lowest BCUT2D eigenvalue weighted by molar-refractivity contribution is 0.402. The molecule has 0 aliphatic carbocycles. The second kappa shape index (κ2) is 8.50. The fourth-order valence-corrected chi connectivity index (χ4v) is 3.67. The maximum atomic E-state index is 10.9. The Balaban J connectivity index is 2.16. The maximum absolute atomic E-state index is 10.9. The molecule has 0 saturated heterocycles. The van der Waals surface area contributed by atoms with E-state index in [0.29, 0.717) is 6.42 Å². The molecule has 2 rings (SSSR count). The smallest absolute Gasteiger partial charge is 0.264 e. The first-order valence-electron chi connectivity index (χ1n) is 8.71. The van der Waals surface area contributed by atoms with Gasteiger partial charge in [-0.1, -0.05) is 56.7 Å². The van der Waals surface area contributed by atoms with Gasteiger partial charge >= 0.3 is 0 Å². The summed E-state index contributed by atoms with van der Waals surface area (Å²) in [5.74, 6) is -0.170. The molecule has 2 aromatic carbocycles. The van der Waals surface area contributed by atoms with Gasteiger partial charge in [0.15, 0.2) is 0 Å². The molecule has 0 aliphatic rings. The topological polar surface area (TPSA) is 66.4 Å². The van der Waals surface area contributed by atoms with Gasteiger partial charge in [-0.05, 0) is 48.4 Å². The first-order valence-corrected chi connectivity index (χ1v) is 10.3. The second-order valence-corrected chi connectivity index (χ2v) is 8.27. The van der Waals surface area contributed by atoms with Crippen molar-refractivity contribution in [2.24, 2.45) is 0 Å². The predicted octanol–water partition coefficient (Wildman–Crippen LogP) is 5.16. The van der Waals surface area contributed by atoms with E-state index < -0.39 is 10.1 Å². The molecule has 136 valence electrons. The number of unbranched alkanes of at least 4 members (excludes halogenated alkanes) is 1. The van der Waals surface area contributed by atoms with E-state index in [4.69, 9.17) is 4.55 Å². The van der Waals surface area contributed by atoms with Crippen LogP contribution in [0.2, 0.25) is 0 Å². The molecule has 0 fully saturated rings. The summed E-state index contributed by atoms with van der Waals surface area (Å²) in [6.07, 6.45) is 3.05. The minimum atomic E-state index is -3.87. The molecular formula is C20H27NO3S. The zero-order valence-electron chi connectivity index (χ0n) is 14.9. The van der Waals surface area contributed by atoms with Crippen LogP contribution < -0.4 is 5.32 Å². The Morgan fingerprint density at radius 3 is 2.28 bits per heavy atom. The largest absolute Gasteiger partial charge is 0.355 e. The highest BCUT2D eigenvalue weighted by Gasteiger charge is 2.26. The Labute approximate surface area is 151 Å². The van der Waals surface area contributed by atoms with Crippen LogP contribution in [0, 0.1) is 0 Å². The second-order valence-electron chi connectivity index (χ2n) is 6.69. The van der Waals surface area contributed by atoms with Gasteiger partial charge in [0.2, 0.25) is 0 Å². The summed E-state index contributed by atoms with van der Waals surface area (Å²) in [5, 5.41) is 3.49. The molecule has 0 aromatic heterocycles. The molecule has 1 atom stereocenters. The summed E-state index contributed by atoms with van der Waals surface area (Å²) in [6, 6.07) is 18.3. The lowest BCUT2D eigenvalue weighted by Crippen LogP contribution is -2.22. The monoisotopic (exact) mass is 361 g/mol. The molecule has 0 aliphatic heterocycles. The fraction of sp³-hybridized carbons (Fsp3) is 0.400. The number of rotatable bonds is 9. The third kappa shape index (κ3) is 5.87. The van der Waals surface area contributed by atoms with Gasteiger partial charge in [0, 0.05) is 11.4 Å². The van der Waals surface area contributed by atoms with Crippen LogP contribution in [0.5, 0.6) is 0 Å². The SMILES string of the molecule is CCC(C)(CCCCS(=O)(=O)O)c1ccccc1Nc1ccccc1. The molecule has 25 heavy (non-hydrogen) atoms. The zero-order chi connectivity index (χ0) is 18.3. The number of anilines is 2. The summed E-state index contributed by atoms with van der Waals surface area (Å²) in [7, 11) is -3.87. The highest BCUT2D eigenvalue weighted by atomic mass is 32.2. The summed E-state index contributed by atoms with van der Waals surface area (Å²) < 4.78 is 30.7. The molecule has 2 N–H and O–H groups in total. The van der Waals surface area contributed by atoms with Crippen molar-refractivity contribution in [1.29, 1.82) is 0 Å². The summed E-state index contributed by atoms with van der Waals surface area (Å²) in [5.41, 5.74) is 3.29. The van der Waals surface area contributed by atoms with E-state index in [1.807, 2.05) is 42.5 Å². The molecule has 0 bridgehead atoms. The van der Waals surface area contributed by atoms with Gasteiger partial charge in [0.1, 0.15) is 0 Å². The van der Waals surface area contributed by atoms with Crippen molar-refractivity contribution in [1.82, 2.24) is 0 Å². The van der Waals surface area contributed by atoms with E-state index in [-0.39, 0.29) is 11.2 Å². The Hall–Kier alpha value is -1.85. The van der Waals surface area contributed by atoms with Crippen LogP contribution in [0.4, 0.5) is 11.4 Å². The Morgan fingerprint density at radius 2 is 1.64 bits per heavy atom. The van der Waals surface area contributed by atoms with E-state index in [1.165, 1.54) is 5.56 Å². The first kappa shape index (κ1) is 19.5. The molecule has 0 spiro atoms. The summed E-state index contributed by atoms with van der Waals surface area (Å²) in [4.78, 5) is 0. The predicted molar refractivity (Wildman–Crippen MR) is 104 cm³/mol. The fourth-order valence-electron chi connectivity index (χ4n) is 3.10. The van der Waals surface area contributed by atoms with Crippen LogP contribution >= 0.6 is 0 Å². The lowest BCUT2D eigenvalue weighted by Gasteiger charge is -2.31. The molecular weight excluding hydrogens is 334 g/mol. The third-order valence-electron chi connectivity index (χ3n) is 4.79. The van der Waals surface area contributed by atoms with Crippen LogP contribution in [0.15, 0.2) is 54.6 Å². The quantitative estimate of drug-likeness (QED) is 0.478. The average Bonchev–Trinajstić information content (AvgIpc) is 2.59. The van der Waals surface area contributed by atoms with Gasteiger partial charge in [0.05, 0.1) is 5.75 Å². The van der Waals surface area contributed by atoms with Gasteiger partial charge < -0.3 is 5.32 Å². The number of para-hydroxylation sites is 2. The maximum Gasteiger partial charge on any atom is 0.264 e. The number of nitrogens with one attached hydrogen (secondary N) is 1. The van der Waals surface area contributed by atoms with Crippen molar-refractivity contribution in [2.45, 2.75) is 44.9 Å². The van der Waals surface area contributed by atoms with E-state index in [9.17, 15) is 8.42 Å². The number of hydrogen-bond donors (Lipinski definition) is 2. The van der Waals surface area contributed by atoms with Gasteiger partial charge in [-0.25, -0.2) is 0 Å². The van der Waals surface area contributed by atoms with Crippen molar-refractivity contribution < 1.29 is 13.0 Å². The average molecular weight is 362 g/mol. The van der Waals surface area contributed by atoms with Crippen molar-refractivity contribution in [3.05, 3.63) is 60.2 Å². The Kier molecular flexibility index (Phi) is 6.62. The van der Waals surface area contributed by atoms with Crippen molar-refractivity contribution in [3.63, 3.8) is 0 Å². The minimum Gasteiger partial charge on any atom is -0.355 e. The van der Waals surface area contributed by atoms with Crippen LogP contribution in [0.3, 0.4) is 0 Å². The van der Waals surface area contributed by atoms with Crippen molar-refractivity contribution >= 4 is 21.5 Å². The Morgan fingerprint density at radius 1 is 1.00 bits per heavy atom. The normalized spacial score (nSPS) is 14.0. The molecule has 1 unspecified atom stereocenters. The van der Waals surface area contributed by atoms with Crippen molar-refractivity contribution in [2.75, 3.05) is 11.1 Å². The highest BCUT2D eigenvalue weighted by Crippen LogP contribution is 2.38. The molecule has 5 heteroatoms. The van der Waals surface area contributed by atoms with Crippen LogP contribution in [-0.4, -0.2) is 18.7 Å². The first-order chi connectivity index (χ1) is 11.8. The highest BCUT2D eigenvalue weighted by molar-refractivity contribution is 7.85. The molecule has 2 aromatic rings. The van der Waals surface area contributed by atoms with Crippen LogP contribution in [0.1, 0.15) is 45.1 Å². The molecule has 0 radical (unpaired) electrons. The van der Waals surface area contributed by atoms with E-state index in [0.717, 1.165) is 30.6 Å². The summed E-state index contributed by atoms with van der Waals surface area (Å²) >= 11 is 0. The Bertz CT molecular complexity index is 775. The van der Waals surface area contributed by atoms with E-state index in [1.54, 1.807) is 0 Å². The molecule has 0 heterocycles. The summed E-state index contributed by atoms with van der Waals surface area (Å²) in [6.45, 7) is 4.37.